The fourth-order valence-electron chi connectivity index (χ4n) is 1.82. The maximum Gasteiger partial charge on any atom is 0.168 e. The van der Waals surface area contributed by atoms with Crippen LogP contribution in [0.5, 0.6) is 5.75 Å². The molecule has 0 fully saturated rings. The minimum absolute atomic E-state index is 0.127. The molecule has 0 amide bonds. The molecule has 20 heavy (non-hydrogen) atoms. The van der Waals surface area contributed by atoms with Gasteiger partial charge in [0.15, 0.2) is 5.78 Å². The molecule has 104 valence electrons. The Morgan fingerprint density at radius 1 is 1.30 bits per heavy atom. The number of methoxy groups -OCH3 is 1. The van der Waals surface area contributed by atoms with Gasteiger partial charge >= 0.3 is 0 Å². The fourth-order valence-corrected chi connectivity index (χ4v) is 2.68. The van der Waals surface area contributed by atoms with Gasteiger partial charge in [0, 0.05) is 12.0 Å². The minimum Gasteiger partial charge on any atom is -0.496 e. The van der Waals surface area contributed by atoms with Crippen molar-refractivity contribution in [1.29, 1.82) is 0 Å². The molecular formula is C15H11BrClFO2. The largest absolute Gasteiger partial charge is 0.496 e. The Hall–Kier alpha value is -1.39. The average molecular weight is 358 g/mol. The molecule has 2 aromatic rings. The lowest BCUT2D eigenvalue weighted by Gasteiger charge is -2.07. The fraction of sp³-hybridized carbons (Fsp3) is 0.133. The second-order valence-corrected chi connectivity index (χ2v) is 5.45. The molecule has 0 saturated carbocycles. The molecule has 0 saturated heterocycles. The number of ether oxygens (including phenoxy) is 1. The van der Waals surface area contributed by atoms with Crippen LogP contribution in [0.25, 0.3) is 0 Å². The van der Waals surface area contributed by atoms with Crippen LogP contribution in [0, 0.1) is 5.82 Å². The third-order valence-electron chi connectivity index (χ3n) is 2.81. The predicted octanol–water partition coefficient (Wildman–Crippen LogP) is 4.68. The molecular weight excluding hydrogens is 347 g/mol. The van der Waals surface area contributed by atoms with Gasteiger partial charge in [-0.25, -0.2) is 4.39 Å². The Kier molecular flexibility index (Phi) is 4.78. The molecule has 0 bridgehead atoms. The number of carbonyl (C=O) groups excluding carboxylic acids is 1. The molecule has 0 spiro atoms. The zero-order chi connectivity index (χ0) is 14.7. The molecule has 0 heterocycles. The molecule has 0 N–H and O–H groups in total. The number of rotatable bonds is 4. The highest BCUT2D eigenvalue weighted by atomic mass is 79.9. The summed E-state index contributed by atoms with van der Waals surface area (Å²) < 4.78 is 18.9. The molecule has 0 aliphatic rings. The Bertz CT molecular complexity index is 658. The molecule has 0 unspecified atom stereocenters. The third kappa shape index (κ3) is 3.38. The van der Waals surface area contributed by atoms with E-state index < -0.39 is 5.82 Å². The van der Waals surface area contributed by atoms with Crippen molar-refractivity contribution in [3.63, 3.8) is 0 Å². The SMILES string of the molecule is COc1ccc(CC(=O)c2ccc(F)cc2Cl)cc1Br. The van der Waals surface area contributed by atoms with E-state index >= 15 is 0 Å². The maximum absolute atomic E-state index is 13.0. The van der Waals surface area contributed by atoms with Crippen LogP contribution in [0.4, 0.5) is 4.39 Å². The second kappa shape index (κ2) is 6.37. The zero-order valence-corrected chi connectivity index (χ0v) is 13.0. The highest BCUT2D eigenvalue weighted by Gasteiger charge is 2.13. The number of hydrogen-bond acceptors (Lipinski definition) is 2. The van der Waals surface area contributed by atoms with Gasteiger partial charge in [-0.2, -0.15) is 0 Å². The first-order valence-corrected chi connectivity index (χ1v) is 6.99. The molecule has 2 aromatic carbocycles. The summed E-state index contributed by atoms with van der Waals surface area (Å²) in [6.07, 6.45) is 0.188. The first-order valence-electron chi connectivity index (χ1n) is 5.82. The van der Waals surface area contributed by atoms with Gasteiger partial charge < -0.3 is 4.74 Å². The van der Waals surface area contributed by atoms with Crippen LogP contribution in [0.2, 0.25) is 5.02 Å². The maximum atomic E-state index is 13.0. The summed E-state index contributed by atoms with van der Waals surface area (Å²) in [6.45, 7) is 0. The summed E-state index contributed by atoms with van der Waals surface area (Å²) in [4.78, 5) is 12.2. The summed E-state index contributed by atoms with van der Waals surface area (Å²) >= 11 is 9.24. The highest BCUT2D eigenvalue weighted by Crippen LogP contribution is 2.26. The Labute approximate surface area is 129 Å². The van der Waals surface area contributed by atoms with E-state index in [1.54, 1.807) is 19.2 Å². The van der Waals surface area contributed by atoms with Crippen LogP contribution in [0.1, 0.15) is 15.9 Å². The molecule has 0 aromatic heterocycles. The molecule has 0 atom stereocenters. The summed E-state index contributed by atoms with van der Waals surface area (Å²) in [6, 6.07) is 9.16. The van der Waals surface area contributed by atoms with Crippen molar-refractivity contribution in [1.82, 2.24) is 0 Å². The number of ketones is 1. The second-order valence-electron chi connectivity index (χ2n) is 4.19. The van der Waals surface area contributed by atoms with E-state index in [-0.39, 0.29) is 17.2 Å². The van der Waals surface area contributed by atoms with Crippen LogP contribution in [-0.2, 0) is 6.42 Å². The minimum atomic E-state index is -0.459. The number of carbonyl (C=O) groups is 1. The van der Waals surface area contributed by atoms with E-state index in [2.05, 4.69) is 15.9 Å². The topological polar surface area (TPSA) is 26.3 Å². The number of benzene rings is 2. The van der Waals surface area contributed by atoms with Gasteiger partial charge in [0.25, 0.3) is 0 Å². The van der Waals surface area contributed by atoms with Gasteiger partial charge in [0.05, 0.1) is 16.6 Å². The van der Waals surface area contributed by atoms with Gasteiger partial charge in [-0.15, -0.1) is 0 Å². The van der Waals surface area contributed by atoms with E-state index in [1.807, 2.05) is 6.07 Å². The van der Waals surface area contributed by atoms with Crippen molar-refractivity contribution in [2.45, 2.75) is 6.42 Å². The van der Waals surface area contributed by atoms with Gasteiger partial charge in [0.2, 0.25) is 0 Å². The predicted molar refractivity (Wildman–Crippen MR) is 80.1 cm³/mol. The Morgan fingerprint density at radius 3 is 2.65 bits per heavy atom. The quantitative estimate of drug-likeness (QED) is 0.743. The van der Waals surface area contributed by atoms with Crippen molar-refractivity contribution in [2.24, 2.45) is 0 Å². The van der Waals surface area contributed by atoms with E-state index in [9.17, 15) is 9.18 Å². The standard InChI is InChI=1S/C15H11BrClFO2/c1-20-15-5-2-9(6-12(15)16)7-14(19)11-4-3-10(18)8-13(11)17/h2-6,8H,7H2,1H3. The number of hydrogen-bond donors (Lipinski definition) is 0. The number of Topliss-reactive ketones (excluding diaryl/α,β-unsaturated/α-hetero) is 1. The average Bonchev–Trinajstić information content (AvgIpc) is 2.38. The van der Waals surface area contributed by atoms with Crippen LogP contribution in [0.15, 0.2) is 40.9 Å². The van der Waals surface area contributed by atoms with Crippen molar-refractivity contribution < 1.29 is 13.9 Å². The number of halogens is 3. The van der Waals surface area contributed by atoms with E-state index in [1.165, 1.54) is 12.1 Å². The molecule has 0 radical (unpaired) electrons. The van der Waals surface area contributed by atoms with Crippen LogP contribution in [-0.4, -0.2) is 12.9 Å². The lowest BCUT2D eigenvalue weighted by Crippen LogP contribution is -2.04. The Balaban J connectivity index is 2.21. The monoisotopic (exact) mass is 356 g/mol. The highest BCUT2D eigenvalue weighted by molar-refractivity contribution is 9.10. The first-order chi connectivity index (χ1) is 9.51. The molecule has 2 rings (SSSR count). The normalized spacial score (nSPS) is 10.4. The van der Waals surface area contributed by atoms with E-state index in [4.69, 9.17) is 16.3 Å². The lowest BCUT2D eigenvalue weighted by atomic mass is 10.0. The van der Waals surface area contributed by atoms with E-state index in [0.29, 0.717) is 11.3 Å². The van der Waals surface area contributed by atoms with Crippen molar-refractivity contribution in [3.8, 4) is 5.75 Å². The molecule has 0 aliphatic carbocycles. The summed E-state index contributed by atoms with van der Waals surface area (Å²) in [5.74, 6) is 0.0758. The smallest absolute Gasteiger partial charge is 0.168 e. The van der Waals surface area contributed by atoms with Crippen molar-refractivity contribution in [2.75, 3.05) is 7.11 Å². The molecule has 2 nitrogen and oxygen atoms in total. The van der Waals surface area contributed by atoms with Crippen LogP contribution < -0.4 is 4.74 Å². The van der Waals surface area contributed by atoms with Gasteiger partial charge in [0.1, 0.15) is 11.6 Å². The van der Waals surface area contributed by atoms with Gasteiger partial charge in [-0.3, -0.25) is 4.79 Å². The van der Waals surface area contributed by atoms with Crippen LogP contribution in [0.3, 0.4) is 0 Å². The summed E-state index contributed by atoms with van der Waals surface area (Å²) in [5.41, 5.74) is 1.14. The molecule has 5 heteroatoms. The van der Waals surface area contributed by atoms with Gasteiger partial charge in [-0.1, -0.05) is 17.7 Å². The van der Waals surface area contributed by atoms with Crippen molar-refractivity contribution >= 4 is 33.3 Å². The third-order valence-corrected chi connectivity index (χ3v) is 3.74. The first kappa shape index (κ1) is 15.0. The molecule has 0 aliphatic heterocycles. The van der Waals surface area contributed by atoms with Gasteiger partial charge in [-0.05, 0) is 51.8 Å². The Morgan fingerprint density at radius 2 is 2.05 bits per heavy atom. The zero-order valence-electron chi connectivity index (χ0n) is 10.6. The van der Waals surface area contributed by atoms with E-state index in [0.717, 1.165) is 16.1 Å². The summed E-state index contributed by atoms with van der Waals surface area (Å²) in [5, 5.41) is 0.127. The van der Waals surface area contributed by atoms with Crippen molar-refractivity contribution in [3.05, 3.63) is 62.8 Å². The lowest BCUT2D eigenvalue weighted by molar-refractivity contribution is 0.0993. The van der Waals surface area contributed by atoms with Crippen LogP contribution >= 0.6 is 27.5 Å². The summed E-state index contributed by atoms with van der Waals surface area (Å²) in [7, 11) is 1.57.